The summed E-state index contributed by atoms with van der Waals surface area (Å²) < 4.78 is 14.5. The monoisotopic (exact) mass is 271 g/mol. The molecular formula is C14H10FN3O2. The largest absolute Gasteiger partial charge is 0.476 e. The lowest BCUT2D eigenvalue weighted by Crippen LogP contribution is -2.01. The van der Waals surface area contributed by atoms with Crippen LogP contribution in [0.3, 0.4) is 0 Å². The van der Waals surface area contributed by atoms with Gasteiger partial charge in [0.1, 0.15) is 12.1 Å². The van der Waals surface area contributed by atoms with Crippen LogP contribution >= 0.6 is 0 Å². The number of imidazole rings is 1. The fourth-order valence-corrected chi connectivity index (χ4v) is 2.08. The third-order valence-electron chi connectivity index (χ3n) is 3.06. The molecule has 0 unspecified atom stereocenters. The van der Waals surface area contributed by atoms with Crippen LogP contribution in [0.4, 0.5) is 4.39 Å². The van der Waals surface area contributed by atoms with E-state index < -0.39 is 5.97 Å². The lowest BCUT2D eigenvalue weighted by Gasteiger charge is -2.06. The summed E-state index contributed by atoms with van der Waals surface area (Å²) >= 11 is 0. The number of benzene rings is 1. The predicted octanol–water partition coefficient (Wildman–Crippen LogP) is 2.54. The second-order valence-electron chi connectivity index (χ2n) is 4.38. The quantitative estimate of drug-likeness (QED) is 0.777. The molecule has 0 saturated heterocycles. The Kier molecular flexibility index (Phi) is 2.71. The highest BCUT2D eigenvalue weighted by Gasteiger charge is 2.15. The van der Waals surface area contributed by atoms with Crippen molar-refractivity contribution >= 4 is 11.6 Å². The van der Waals surface area contributed by atoms with E-state index in [0.717, 1.165) is 11.1 Å². The van der Waals surface area contributed by atoms with Crippen LogP contribution in [0.1, 0.15) is 16.2 Å². The van der Waals surface area contributed by atoms with Gasteiger partial charge in [0.05, 0.1) is 0 Å². The van der Waals surface area contributed by atoms with Gasteiger partial charge in [-0.1, -0.05) is 12.1 Å². The number of rotatable bonds is 2. The van der Waals surface area contributed by atoms with Gasteiger partial charge >= 0.3 is 5.97 Å². The number of carboxylic acid groups (broad SMARTS) is 1. The first-order valence-corrected chi connectivity index (χ1v) is 5.90. The fourth-order valence-electron chi connectivity index (χ4n) is 2.08. The van der Waals surface area contributed by atoms with Gasteiger partial charge in [-0.15, -0.1) is 0 Å². The van der Waals surface area contributed by atoms with Crippen LogP contribution in [0.2, 0.25) is 0 Å². The molecule has 0 fully saturated rings. The summed E-state index contributed by atoms with van der Waals surface area (Å²) in [5, 5.41) is 9.02. The Morgan fingerprint density at radius 2 is 2.00 bits per heavy atom. The molecule has 6 heteroatoms. The number of carbonyl (C=O) groups is 1. The smallest absolute Gasteiger partial charge is 0.358 e. The zero-order valence-electron chi connectivity index (χ0n) is 10.5. The number of aromatic carboxylic acids is 1. The molecular weight excluding hydrogens is 261 g/mol. The number of hydrogen-bond donors (Lipinski definition) is 1. The number of aryl methyl sites for hydroxylation is 1. The first-order valence-electron chi connectivity index (χ1n) is 5.90. The normalized spacial score (nSPS) is 10.9. The lowest BCUT2D eigenvalue weighted by molar-refractivity contribution is 0.0693. The van der Waals surface area contributed by atoms with Crippen molar-refractivity contribution in [3.63, 3.8) is 0 Å². The Bertz CT molecular complexity index is 809. The van der Waals surface area contributed by atoms with Gasteiger partial charge in [-0.05, 0) is 24.6 Å². The Labute approximate surface area is 113 Å². The van der Waals surface area contributed by atoms with Crippen LogP contribution < -0.4 is 0 Å². The zero-order chi connectivity index (χ0) is 14.3. The molecule has 0 bridgehead atoms. The molecule has 0 aliphatic carbocycles. The molecule has 3 rings (SSSR count). The van der Waals surface area contributed by atoms with Gasteiger partial charge in [0, 0.05) is 17.5 Å². The highest BCUT2D eigenvalue weighted by molar-refractivity contribution is 5.92. The standard InChI is InChI=1S/C14H10FN3O2/c1-8-11(9-2-4-10(15)5-3-9)6-18-7-16-12(14(19)20)13(18)17-8/h2-7H,1H3,(H,19,20). The Balaban J connectivity index is 2.20. The zero-order valence-corrected chi connectivity index (χ0v) is 10.5. The minimum Gasteiger partial charge on any atom is -0.476 e. The maximum atomic E-state index is 13.0. The summed E-state index contributed by atoms with van der Waals surface area (Å²) in [6.45, 7) is 1.78. The molecule has 20 heavy (non-hydrogen) atoms. The van der Waals surface area contributed by atoms with E-state index >= 15 is 0 Å². The van der Waals surface area contributed by atoms with Gasteiger partial charge in [0.2, 0.25) is 0 Å². The van der Waals surface area contributed by atoms with Crippen LogP contribution in [-0.4, -0.2) is 25.4 Å². The molecule has 1 aromatic carbocycles. The summed E-state index contributed by atoms with van der Waals surface area (Å²) in [5.41, 5.74) is 2.47. The number of nitrogens with zero attached hydrogens (tertiary/aromatic N) is 3. The van der Waals surface area contributed by atoms with Gasteiger partial charge in [-0.2, -0.15) is 0 Å². The number of carboxylic acids is 1. The van der Waals surface area contributed by atoms with E-state index in [-0.39, 0.29) is 11.5 Å². The van der Waals surface area contributed by atoms with Gasteiger partial charge < -0.3 is 5.11 Å². The van der Waals surface area contributed by atoms with Crippen molar-refractivity contribution in [3.05, 3.63) is 54.0 Å². The molecule has 0 amide bonds. The Morgan fingerprint density at radius 1 is 1.30 bits per heavy atom. The van der Waals surface area contributed by atoms with Crippen molar-refractivity contribution in [2.24, 2.45) is 0 Å². The average Bonchev–Trinajstić information content (AvgIpc) is 2.81. The summed E-state index contributed by atoms with van der Waals surface area (Å²) in [6, 6.07) is 6.05. The average molecular weight is 271 g/mol. The lowest BCUT2D eigenvalue weighted by atomic mass is 10.1. The van der Waals surface area contributed by atoms with E-state index in [0.29, 0.717) is 11.3 Å². The van der Waals surface area contributed by atoms with Gasteiger partial charge in [0.25, 0.3) is 0 Å². The molecule has 0 radical (unpaired) electrons. The first kappa shape index (κ1) is 12.3. The molecule has 0 aliphatic heterocycles. The van der Waals surface area contributed by atoms with E-state index in [4.69, 9.17) is 5.11 Å². The maximum Gasteiger partial charge on any atom is 0.358 e. The van der Waals surface area contributed by atoms with E-state index in [1.54, 1.807) is 29.7 Å². The van der Waals surface area contributed by atoms with Crippen LogP contribution in [-0.2, 0) is 0 Å². The van der Waals surface area contributed by atoms with Crippen molar-refractivity contribution in [1.29, 1.82) is 0 Å². The number of aromatic nitrogens is 3. The van der Waals surface area contributed by atoms with Crippen molar-refractivity contribution < 1.29 is 14.3 Å². The summed E-state index contributed by atoms with van der Waals surface area (Å²) in [4.78, 5) is 19.1. The molecule has 0 spiro atoms. The van der Waals surface area contributed by atoms with E-state index in [1.165, 1.54) is 18.5 Å². The van der Waals surface area contributed by atoms with Crippen molar-refractivity contribution in [3.8, 4) is 11.1 Å². The molecule has 100 valence electrons. The summed E-state index contributed by atoms with van der Waals surface area (Å²) in [7, 11) is 0. The first-order chi connectivity index (χ1) is 9.56. The van der Waals surface area contributed by atoms with Crippen LogP contribution in [0.15, 0.2) is 36.8 Å². The second-order valence-corrected chi connectivity index (χ2v) is 4.38. The molecule has 2 aromatic heterocycles. The van der Waals surface area contributed by atoms with Gasteiger partial charge in [0.15, 0.2) is 11.3 Å². The summed E-state index contributed by atoms with van der Waals surface area (Å²) in [6.07, 6.45) is 3.14. The highest BCUT2D eigenvalue weighted by Crippen LogP contribution is 2.23. The van der Waals surface area contributed by atoms with Crippen molar-refractivity contribution in [2.75, 3.05) is 0 Å². The number of halogens is 1. The van der Waals surface area contributed by atoms with Gasteiger partial charge in [-0.25, -0.2) is 19.2 Å². The molecule has 0 saturated carbocycles. The molecule has 0 aliphatic rings. The Morgan fingerprint density at radius 3 is 2.65 bits per heavy atom. The van der Waals surface area contributed by atoms with Gasteiger partial charge in [-0.3, -0.25) is 4.40 Å². The summed E-state index contributed by atoms with van der Waals surface area (Å²) in [5.74, 6) is -1.43. The number of fused-ring (bicyclic) bond motifs is 1. The molecule has 0 atom stereocenters. The third-order valence-corrected chi connectivity index (χ3v) is 3.06. The minimum atomic E-state index is -1.12. The van der Waals surface area contributed by atoms with Crippen molar-refractivity contribution in [2.45, 2.75) is 6.92 Å². The van der Waals surface area contributed by atoms with Crippen molar-refractivity contribution in [1.82, 2.24) is 14.4 Å². The molecule has 1 N–H and O–H groups in total. The maximum absolute atomic E-state index is 13.0. The molecule has 3 aromatic rings. The SMILES string of the molecule is Cc1nc2c(C(=O)O)ncn2cc1-c1ccc(F)cc1. The number of hydrogen-bond acceptors (Lipinski definition) is 3. The van der Waals surface area contributed by atoms with Crippen LogP contribution in [0.25, 0.3) is 16.8 Å². The Hall–Kier alpha value is -2.76. The minimum absolute atomic E-state index is 0.0845. The van der Waals surface area contributed by atoms with E-state index in [1.807, 2.05) is 0 Å². The molecule has 5 nitrogen and oxygen atoms in total. The van der Waals surface area contributed by atoms with E-state index in [2.05, 4.69) is 9.97 Å². The fraction of sp³-hybridized carbons (Fsp3) is 0.0714. The molecule has 2 heterocycles. The topological polar surface area (TPSA) is 67.5 Å². The third kappa shape index (κ3) is 1.91. The highest BCUT2D eigenvalue weighted by atomic mass is 19.1. The van der Waals surface area contributed by atoms with Crippen LogP contribution in [0, 0.1) is 12.7 Å². The van der Waals surface area contributed by atoms with Crippen LogP contribution in [0.5, 0.6) is 0 Å². The predicted molar refractivity (Wildman–Crippen MR) is 70.1 cm³/mol. The van der Waals surface area contributed by atoms with E-state index in [9.17, 15) is 9.18 Å². The second kappa shape index (κ2) is 4.41.